The molecular weight excluding hydrogens is 248 g/mol. The van der Waals surface area contributed by atoms with Crippen LogP contribution < -0.4 is 5.32 Å². The molecule has 0 unspecified atom stereocenters. The SMILES string of the molecule is CCC[C@H](NC(=O)c1ccc(C)nc1)c1ccccc1. The van der Waals surface area contributed by atoms with Gasteiger partial charge < -0.3 is 5.32 Å². The fraction of sp³-hybridized carbons (Fsp3) is 0.294. The van der Waals surface area contributed by atoms with Gasteiger partial charge in [-0.3, -0.25) is 9.78 Å². The summed E-state index contributed by atoms with van der Waals surface area (Å²) in [5.74, 6) is -0.0696. The number of aryl methyl sites for hydroxylation is 1. The molecule has 0 saturated heterocycles. The summed E-state index contributed by atoms with van der Waals surface area (Å²) in [6.07, 6.45) is 3.57. The van der Waals surface area contributed by atoms with Gasteiger partial charge in [0.1, 0.15) is 0 Å². The van der Waals surface area contributed by atoms with Gasteiger partial charge in [-0.15, -0.1) is 0 Å². The van der Waals surface area contributed by atoms with E-state index in [0.29, 0.717) is 5.56 Å². The quantitative estimate of drug-likeness (QED) is 0.899. The van der Waals surface area contributed by atoms with Gasteiger partial charge in [0, 0.05) is 11.9 Å². The molecule has 0 aliphatic carbocycles. The minimum atomic E-state index is -0.0696. The molecule has 20 heavy (non-hydrogen) atoms. The lowest BCUT2D eigenvalue weighted by Crippen LogP contribution is -2.28. The number of nitrogens with zero attached hydrogens (tertiary/aromatic N) is 1. The van der Waals surface area contributed by atoms with Crippen LogP contribution in [0.15, 0.2) is 48.7 Å². The third kappa shape index (κ3) is 3.67. The van der Waals surface area contributed by atoms with Gasteiger partial charge in [-0.1, -0.05) is 43.7 Å². The van der Waals surface area contributed by atoms with Crippen LogP contribution in [0.25, 0.3) is 0 Å². The van der Waals surface area contributed by atoms with Crippen molar-refractivity contribution in [1.82, 2.24) is 10.3 Å². The largest absolute Gasteiger partial charge is 0.345 e. The summed E-state index contributed by atoms with van der Waals surface area (Å²) in [6, 6.07) is 13.8. The molecule has 1 amide bonds. The predicted molar refractivity (Wildman–Crippen MR) is 80.5 cm³/mol. The summed E-state index contributed by atoms with van der Waals surface area (Å²) in [7, 11) is 0. The van der Waals surface area contributed by atoms with E-state index in [1.165, 1.54) is 0 Å². The Kier molecular flexibility index (Phi) is 4.88. The Morgan fingerprint density at radius 3 is 2.55 bits per heavy atom. The molecule has 0 spiro atoms. The fourth-order valence-corrected chi connectivity index (χ4v) is 2.14. The first-order valence-electron chi connectivity index (χ1n) is 6.99. The van der Waals surface area contributed by atoms with Crippen LogP contribution in [0.1, 0.15) is 47.4 Å². The second-order valence-electron chi connectivity index (χ2n) is 4.91. The molecule has 1 aromatic heterocycles. The second-order valence-corrected chi connectivity index (χ2v) is 4.91. The van der Waals surface area contributed by atoms with E-state index in [1.54, 1.807) is 6.20 Å². The van der Waals surface area contributed by atoms with Crippen molar-refractivity contribution < 1.29 is 4.79 Å². The van der Waals surface area contributed by atoms with Gasteiger partial charge in [-0.25, -0.2) is 0 Å². The minimum absolute atomic E-state index is 0.0509. The fourth-order valence-electron chi connectivity index (χ4n) is 2.14. The summed E-state index contributed by atoms with van der Waals surface area (Å²) >= 11 is 0. The minimum Gasteiger partial charge on any atom is -0.345 e. The first kappa shape index (κ1) is 14.3. The van der Waals surface area contributed by atoms with Crippen molar-refractivity contribution >= 4 is 5.91 Å². The Bertz CT molecular complexity index is 549. The van der Waals surface area contributed by atoms with E-state index in [9.17, 15) is 4.79 Å². The number of carbonyl (C=O) groups excluding carboxylic acids is 1. The number of rotatable bonds is 5. The number of benzene rings is 1. The smallest absolute Gasteiger partial charge is 0.253 e. The van der Waals surface area contributed by atoms with Crippen molar-refractivity contribution in [2.75, 3.05) is 0 Å². The summed E-state index contributed by atoms with van der Waals surface area (Å²) in [5.41, 5.74) is 2.66. The normalized spacial score (nSPS) is 11.9. The van der Waals surface area contributed by atoms with E-state index in [2.05, 4.69) is 17.2 Å². The van der Waals surface area contributed by atoms with Crippen LogP contribution >= 0.6 is 0 Å². The van der Waals surface area contributed by atoms with Crippen LogP contribution in [0.5, 0.6) is 0 Å². The number of nitrogens with one attached hydrogen (secondary N) is 1. The van der Waals surface area contributed by atoms with Crippen molar-refractivity contribution in [3.8, 4) is 0 Å². The maximum absolute atomic E-state index is 12.3. The van der Waals surface area contributed by atoms with Crippen LogP contribution in [-0.4, -0.2) is 10.9 Å². The van der Waals surface area contributed by atoms with Crippen molar-refractivity contribution in [3.05, 3.63) is 65.5 Å². The molecule has 1 atom stereocenters. The molecule has 0 radical (unpaired) electrons. The average Bonchev–Trinajstić information content (AvgIpc) is 2.48. The summed E-state index contributed by atoms with van der Waals surface area (Å²) in [4.78, 5) is 16.4. The van der Waals surface area contributed by atoms with Crippen molar-refractivity contribution in [2.45, 2.75) is 32.7 Å². The Morgan fingerprint density at radius 1 is 1.20 bits per heavy atom. The van der Waals surface area contributed by atoms with E-state index >= 15 is 0 Å². The lowest BCUT2D eigenvalue weighted by molar-refractivity contribution is 0.0934. The molecule has 3 heteroatoms. The molecule has 104 valence electrons. The lowest BCUT2D eigenvalue weighted by atomic mass is 10.0. The Hall–Kier alpha value is -2.16. The monoisotopic (exact) mass is 268 g/mol. The molecule has 0 saturated carbocycles. The van der Waals surface area contributed by atoms with E-state index in [0.717, 1.165) is 24.1 Å². The number of amides is 1. The van der Waals surface area contributed by atoms with Crippen LogP contribution in [-0.2, 0) is 0 Å². The molecule has 0 fully saturated rings. The van der Waals surface area contributed by atoms with Gasteiger partial charge in [-0.05, 0) is 31.0 Å². The van der Waals surface area contributed by atoms with Gasteiger partial charge in [-0.2, -0.15) is 0 Å². The van der Waals surface area contributed by atoms with Crippen LogP contribution in [0.2, 0.25) is 0 Å². The highest BCUT2D eigenvalue weighted by atomic mass is 16.1. The Balaban J connectivity index is 2.12. The number of hydrogen-bond acceptors (Lipinski definition) is 2. The van der Waals surface area contributed by atoms with Crippen molar-refractivity contribution in [3.63, 3.8) is 0 Å². The van der Waals surface area contributed by atoms with E-state index < -0.39 is 0 Å². The van der Waals surface area contributed by atoms with Crippen molar-refractivity contribution in [1.29, 1.82) is 0 Å². The first-order chi connectivity index (χ1) is 9.70. The van der Waals surface area contributed by atoms with Gasteiger partial charge in [0.2, 0.25) is 0 Å². The summed E-state index contributed by atoms with van der Waals surface area (Å²) < 4.78 is 0. The Morgan fingerprint density at radius 2 is 1.95 bits per heavy atom. The molecule has 1 heterocycles. The van der Waals surface area contributed by atoms with Crippen LogP contribution in [0.4, 0.5) is 0 Å². The third-order valence-corrected chi connectivity index (χ3v) is 3.26. The van der Waals surface area contributed by atoms with E-state index in [-0.39, 0.29) is 11.9 Å². The molecule has 2 rings (SSSR count). The van der Waals surface area contributed by atoms with Gasteiger partial charge in [0.25, 0.3) is 5.91 Å². The zero-order valence-corrected chi connectivity index (χ0v) is 12.0. The zero-order valence-electron chi connectivity index (χ0n) is 12.0. The highest BCUT2D eigenvalue weighted by molar-refractivity contribution is 5.94. The average molecular weight is 268 g/mol. The molecule has 2 aromatic rings. The molecule has 1 aromatic carbocycles. The first-order valence-corrected chi connectivity index (χ1v) is 6.99. The zero-order chi connectivity index (χ0) is 14.4. The number of aromatic nitrogens is 1. The van der Waals surface area contributed by atoms with Gasteiger partial charge in [0.05, 0.1) is 11.6 Å². The molecule has 3 nitrogen and oxygen atoms in total. The maximum Gasteiger partial charge on any atom is 0.253 e. The molecule has 0 aliphatic rings. The number of carbonyl (C=O) groups is 1. The molecular formula is C17H20N2O. The van der Waals surface area contributed by atoms with E-state index in [4.69, 9.17) is 0 Å². The van der Waals surface area contributed by atoms with Crippen LogP contribution in [0, 0.1) is 6.92 Å². The molecule has 1 N–H and O–H groups in total. The highest BCUT2D eigenvalue weighted by Crippen LogP contribution is 2.18. The lowest BCUT2D eigenvalue weighted by Gasteiger charge is -2.18. The van der Waals surface area contributed by atoms with Gasteiger partial charge >= 0.3 is 0 Å². The Labute approximate surface area is 120 Å². The van der Waals surface area contributed by atoms with Crippen LogP contribution in [0.3, 0.4) is 0 Å². The highest BCUT2D eigenvalue weighted by Gasteiger charge is 2.14. The standard InChI is InChI=1S/C17H20N2O/c1-3-7-16(14-8-5-4-6-9-14)19-17(20)15-11-10-13(2)18-12-15/h4-6,8-12,16H,3,7H2,1-2H3,(H,19,20)/t16-/m0/s1. The summed E-state index contributed by atoms with van der Waals surface area (Å²) in [6.45, 7) is 4.03. The molecule has 0 aliphatic heterocycles. The topological polar surface area (TPSA) is 42.0 Å². The van der Waals surface area contributed by atoms with Gasteiger partial charge in [0.15, 0.2) is 0 Å². The number of pyridine rings is 1. The second kappa shape index (κ2) is 6.85. The summed E-state index contributed by atoms with van der Waals surface area (Å²) in [5, 5.41) is 3.09. The molecule has 0 bridgehead atoms. The van der Waals surface area contributed by atoms with E-state index in [1.807, 2.05) is 49.4 Å². The predicted octanol–water partition coefficient (Wildman–Crippen LogP) is 3.66. The number of hydrogen-bond donors (Lipinski definition) is 1. The van der Waals surface area contributed by atoms with Crippen molar-refractivity contribution in [2.24, 2.45) is 0 Å². The third-order valence-electron chi connectivity index (χ3n) is 3.26. The maximum atomic E-state index is 12.3.